The van der Waals surface area contributed by atoms with Crippen LogP contribution in [0, 0.1) is 6.92 Å². The number of hydrogen-bond donors (Lipinski definition) is 1. The van der Waals surface area contributed by atoms with Crippen LogP contribution in [0.15, 0.2) is 29.3 Å². The van der Waals surface area contributed by atoms with Crippen molar-refractivity contribution in [3.05, 3.63) is 35.4 Å². The molecule has 0 heterocycles. The van der Waals surface area contributed by atoms with Crippen molar-refractivity contribution in [1.29, 1.82) is 0 Å². The van der Waals surface area contributed by atoms with Gasteiger partial charge in [0.2, 0.25) is 6.17 Å². The Bertz CT molecular complexity index is 478. The monoisotopic (exact) mass is 274 g/mol. The summed E-state index contributed by atoms with van der Waals surface area (Å²) in [7, 11) is 0. The summed E-state index contributed by atoms with van der Waals surface area (Å²) in [6, 6.07) is 6.11. The summed E-state index contributed by atoms with van der Waals surface area (Å²) < 4.78 is 37.4. The van der Waals surface area contributed by atoms with Gasteiger partial charge < -0.3 is 5.32 Å². The highest BCUT2D eigenvalue weighted by molar-refractivity contribution is 7.78. The lowest BCUT2D eigenvalue weighted by Gasteiger charge is -2.16. The quantitative estimate of drug-likeness (QED) is 0.680. The van der Waals surface area contributed by atoms with Crippen molar-refractivity contribution in [1.82, 2.24) is 5.32 Å². The van der Waals surface area contributed by atoms with Crippen LogP contribution in [0.25, 0.3) is 0 Å². The number of nitrogens with one attached hydrogen (secondary N) is 1. The van der Waals surface area contributed by atoms with Crippen molar-refractivity contribution in [2.75, 3.05) is 0 Å². The Hall–Kier alpha value is -1.72. The molecule has 7 heteroatoms. The summed E-state index contributed by atoms with van der Waals surface area (Å²) in [6.07, 6.45) is -7.07. The van der Waals surface area contributed by atoms with E-state index in [9.17, 15) is 18.0 Å². The number of carbonyl (C=O) groups is 1. The molecule has 1 aromatic rings. The van der Waals surface area contributed by atoms with Gasteiger partial charge in [-0.1, -0.05) is 17.7 Å². The molecule has 1 aromatic carbocycles. The topological polar surface area (TPSA) is 41.5 Å². The zero-order chi connectivity index (χ0) is 13.8. The molecule has 0 radical (unpaired) electrons. The molecule has 1 N–H and O–H groups in total. The Balaban J connectivity index is 2.85. The molecule has 0 aromatic heterocycles. The first-order chi connectivity index (χ1) is 8.34. The smallest absolute Gasteiger partial charge is 0.322 e. The lowest BCUT2D eigenvalue weighted by atomic mass is 10.1. The van der Waals surface area contributed by atoms with E-state index in [1.165, 1.54) is 12.1 Å². The number of carbonyl (C=O) groups excluding carboxylic acids is 1. The minimum absolute atomic E-state index is 0.120. The molecule has 0 aliphatic carbocycles. The van der Waals surface area contributed by atoms with Gasteiger partial charge in [-0.15, -0.1) is 0 Å². The first kappa shape index (κ1) is 14.3. The fourth-order valence-electron chi connectivity index (χ4n) is 1.15. The highest BCUT2D eigenvalue weighted by Crippen LogP contribution is 2.21. The van der Waals surface area contributed by atoms with Crippen LogP contribution in [-0.2, 0) is 0 Å². The van der Waals surface area contributed by atoms with E-state index >= 15 is 0 Å². The van der Waals surface area contributed by atoms with Crippen molar-refractivity contribution < 1.29 is 18.0 Å². The summed E-state index contributed by atoms with van der Waals surface area (Å²) in [5.41, 5.74) is 1.02. The number of benzene rings is 1. The number of aryl methyl sites for hydroxylation is 1. The van der Waals surface area contributed by atoms with Gasteiger partial charge in [-0.3, -0.25) is 4.79 Å². The standard InChI is InChI=1S/C11H9F3N2OS/c1-7-2-4-8(5-3-7)9(17)16-10(15-6-18)11(12,13)14/h2-5,10H,1H3,(H,16,17). The lowest BCUT2D eigenvalue weighted by Crippen LogP contribution is -2.43. The number of halogens is 3. The van der Waals surface area contributed by atoms with Crippen molar-refractivity contribution in [2.24, 2.45) is 4.99 Å². The molecule has 96 valence electrons. The number of isothiocyanates is 1. The first-order valence-electron chi connectivity index (χ1n) is 4.86. The Morgan fingerprint density at radius 2 is 1.94 bits per heavy atom. The van der Waals surface area contributed by atoms with E-state index < -0.39 is 18.2 Å². The molecule has 3 nitrogen and oxygen atoms in total. The second-order valence-electron chi connectivity index (χ2n) is 3.50. The van der Waals surface area contributed by atoms with E-state index in [2.05, 4.69) is 17.2 Å². The Labute approximate surface area is 107 Å². The van der Waals surface area contributed by atoms with Crippen LogP contribution < -0.4 is 5.32 Å². The number of rotatable bonds is 3. The number of hydrogen-bond acceptors (Lipinski definition) is 3. The van der Waals surface area contributed by atoms with E-state index in [0.29, 0.717) is 0 Å². The largest absolute Gasteiger partial charge is 0.430 e. The number of alkyl halides is 3. The van der Waals surface area contributed by atoms with Gasteiger partial charge >= 0.3 is 6.18 Å². The minimum atomic E-state index is -4.70. The molecule has 0 saturated heterocycles. The second-order valence-corrected chi connectivity index (χ2v) is 3.69. The maximum absolute atomic E-state index is 12.5. The average Bonchev–Trinajstić information content (AvgIpc) is 2.28. The first-order valence-corrected chi connectivity index (χ1v) is 5.26. The molecule has 0 aliphatic rings. The van der Waals surface area contributed by atoms with Crippen LogP contribution in [0.4, 0.5) is 13.2 Å². The molecule has 18 heavy (non-hydrogen) atoms. The molecule has 0 bridgehead atoms. The van der Waals surface area contributed by atoms with Crippen molar-refractivity contribution in [3.8, 4) is 0 Å². The number of thiocarbonyl (C=S) groups is 1. The number of amides is 1. The molecule has 0 spiro atoms. The number of aliphatic imine (C=N–C) groups is 1. The van der Waals surface area contributed by atoms with E-state index in [1.54, 1.807) is 29.5 Å². The van der Waals surface area contributed by atoms with Gasteiger partial charge in [-0.05, 0) is 31.3 Å². The fourth-order valence-corrected chi connectivity index (χ4v) is 1.26. The van der Waals surface area contributed by atoms with E-state index in [4.69, 9.17) is 0 Å². The van der Waals surface area contributed by atoms with Crippen molar-refractivity contribution >= 4 is 23.3 Å². The predicted octanol–water partition coefficient (Wildman–Crippen LogP) is 2.72. The normalized spacial score (nSPS) is 12.4. The predicted molar refractivity (Wildman–Crippen MR) is 63.5 cm³/mol. The Morgan fingerprint density at radius 3 is 2.39 bits per heavy atom. The van der Waals surface area contributed by atoms with Crippen LogP contribution in [-0.4, -0.2) is 23.4 Å². The maximum Gasteiger partial charge on any atom is 0.430 e. The van der Waals surface area contributed by atoms with Gasteiger partial charge in [-0.25, -0.2) is 0 Å². The molecular formula is C11H9F3N2OS. The van der Waals surface area contributed by atoms with Crippen LogP contribution in [0.2, 0.25) is 0 Å². The van der Waals surface area contributed by atoms with Crippen LogP contribution in [0.1, 0.15) is 15.9 Å². The molecule has 0 fully saturated rings. The van der Waals surface area contributed by atoms with Crippen molar-refractivity contribution in [3.63, 3.8) is 0 Å². The zero-order valence-electron chi connectivity index (χ0n) is 9.28. The minimum Gasteiger partial charge on any atom is -0.322 e. The van der Waals surface area contributed by atoms with Gasteiger partial charge in [0, 0.05) is 5.56 Å². The fraction of sp³-hybridized carbons (Fsp3) is 0.273. The van der Waals surface area contributed by atoms with Gasteiger partial charge in [-0.2, -0.15) is 18.2 Å². The van der Waals surface area contributed by atoms with Crippen LogP contribution in [0.5, 0.6) is 0 Å². The summed E-state index contributed by atoms with van der Waals surface area (Å²) in [4.78, 5) is 14.4. The van der Waals surface area contributed by atoms with Crippen LogP contribution in [0.3, 0.4) is 0 Å². The summed E-state index contributed by atoms with van der Waals surface area (Å²) in [5, 5.41) is 3.35. The van der Waals surface area contributed by atoms with E-state index in [1.807, 2.05) is 0 Å². The van der Waals surface area contributed by atoms with Gasteiger partial charge in [0.25, 0.3) is 5.91 Å². The Kier molecular flexibility index (Phi) is 4.58. The highest BCUT2D eigenvalue weighted by Gasteiger charge is 2.41. The summed E-state index contributed by atoms with van der Waals surface area (Å²) in [5.74, 6) is -0.869. The summed E-state index contributed by atoms with van der Waals surface area (Å²) in [6.45, 7) is 1.80. The van der Waals surface area contributed by atoms with E-state index in [-0.39, 0.29) is 5.56 Å². The van der Waals surface area contributed by atoms with Gasteiger partial charge in [0.15, 0.2) is 0 Å². The van der Waals surface area contributed by atoms with Crippen molar-refractivity contribution in [2.45, 2.75) is 19.3 Å². The van der Waals surface area contributed by atoms with Gasteiger partial charge in [0.1, 0.15) is 0 Å². The molecule has 1 atom stereocenters. The highest BCUT2D eigenvalue weighted by atomic mass is 32.1. The third-order valence-corrected chi connectivity index (χ3v) is 2.18. The van der Waals surface area contributed by atoms with Crippen LogP contribution >= 0.6 is 12.2 Å². The van der Waals surface area contributed by atoms with E-state index in [0.717, 1.165) is 5.56 Å². The molecule has 0 saturated carbocycles. The zero-order valence-corrected chi connectivity index (χ0v) is 10.1. The number of nitrogens with zero attached hydrogens (tertiary/aromatic N) is 1. The Morgan fingerprint density at radius 1 is 1.39 bits per heavy atom. The SMILES string of the molecule is Cc1ccc(C(=O)NC(N=C=S)C(F)(F)F)cc1. The van der Waals surface area contributed by atoms with Gasteiger partial charge in [0.05, 0.1) is 5.16 Å². The third-order valence-electron chi connectivity index (χ3n) is 2.07. The lowest BCUT2D eigenvalue weighted by molar-refractivity contribution is -0.151. The third kappa shape index (κ3) is 3.94. The molecule has 0 aliphatic heterocycles. The maximum atomic E-state index is 12.5. The molecule has 1 unspecified atom stereocenters. The summed E-state index contributed by atoms with van der Waals surface area (Å²) >= 11 is 4.12. The second kappa shape index (κ2) is 5.75. The molecule has 1 amide bonds. The average molecular weight is 274 g/mol. The molecular weight excluding hydrogens is 265 g/mol. The molecule has 1 rings (SSSR count).